The van der Waals surface area contributed by atoms with Gasteiger partial charge >= 0.3 is 0 Å². The number of rotatable bonds is 5. The van der Waals surface area contributed by atoms with Gasteiger partial charge in [0, 0.05) is 6.54 Å². The molecule has 82 valence electrons. The zero-order valence-corrected chi connectivity index (χ0v) is 9.49. The molecule has 0 saturated heterocycles. The van der Waals surface area contributed by atoms with Crippen LogP contribution in [0.15, 0.2) is 23.2 Å². The van der Waals surface area contributed by atoms with Crippen LogP contribution in [-0.4, -0.2) is 27.0 Å². The van der Waals surface area contributed by atoms with Crippen molar-refractivity contribution in [2.75, 3.05) is 20.8 Å². The largest absolute Gasteiger partial charge is 0.493 e. The van der Waals surface area contributed by atoms with E-state index in [4.69, 9.17) is 9.47 Å². The lowest BCUT2D eigenvalue weighted by Gasteiger charge is -2.08. The van der Waals surface area contributed by atoms with Crippen LogP contribution >= 0.6 is 0 Å². The van der Waals surface area contributed by atoms with E-state index in [0.717, 1.165) is 24.5 Å². The van der Waals surface area contributed by atoms with E-state index >= 15 is 0 Å². The van der Waals surface area contributed by atoms with Crippen LogP contribution in [0.3, 0.4) is 0 Å². The van der Waals surface area contributed by atoms with E-state index in [2.05, 4.69) is 4.99 Å². The van der Waals surface area contributed by atoms with Gasteiger partial charge in [0.15, 0.2) is 11.5 Å². The smallest absolute Gasteiger partial charge is 0.160 e. The Morgan fingerprint density at radius 3 is 2.53 bits per heavy atom. The molecule has 0 fully saturated rings. The van der Waals surface area contributed by atoms with Gasteiger partial charge in [-0.1, -0.05) is 6.07 Å². The third-order valence-corrected chi connectivity index (χ3v) is 2.16. The molecule has 0 bridgehead atoms. The Bertz CT molecular complexity index is 334. The Morgan fingerprint density at radius 2 is 1.93 bits per heavy atom. The molecule has 0 N–H and O–H groups in total. The predicted octanol–water partition coefficient (Wildman–Crippen LogP) is 2.34. The number of ether oxygens (including phenoxy) is 2. The van der Waals surface area contributed by atoms with Crippen LogP contribution in [0.1, 0.15) is 12.5 Å². The van der Waals surface area contributed by atoms with Gasteiger partial charge in [0.05, 0.1) is 14.2 Å². The van der Waals surface area contributed by atoms with Gasteiger partial charge in [0.2, 0.25) is 0 Å². The molecule has 0 aromatic heterocycles. The summed E-state index contributed by atoms with van der Waals surface area (Å²) in [6.07, 6.45) is 2.74. The molecule has 1 aromatic rings. The molecule has 0 atom stereocenters. The maximum absolute atomic E-state index is 5.22. The molecule has 15 heavy (non-hydrogen) atoms. The lowest BCUT2D eigenvalue weighted by molar-refractivity contribution is 0.354. The van der Waals surface area contributed by atoms with Gasteiger partial charge in [-0.25, -0.2) is 0 Å². The van der Waals surface area contributed by atoms with Crippen molar-refractivity contribution in [3.8, 4) is 11.5 Å². The summed E-state index contributed by atoms with van der Waals surface area (Å²) in [6, 6.07) is 5.94. The van der Waals surface area contributed by atoms with Gasteiger partial charge in [-0.2, -0.15) is 0 Å². The fraction of sp³-hybridized carbons (Fsp3) is 0.417. The zero-order chi connectivity index (χ0) is 11.1. The highest BCUT2D eigenvalue weighted by Gasteiger charge is 2.03. The second-order valence-corrected chi connectivity index (χ2v) is 3.10. The van der Waals surface area contributed by atoms with Gasteiger partial charge < -0.3 is 9.47 Å². The average molecular weight is 207 g/mol. The van der Waals surface area contributed by atoms with Gasteiger partial charge in [-0.3, -0.25) is 4.99 Å². The summed E-state index contributed by atoms with van der Waals surface area (Å²) >= 11 is 0. The summed E-state index contributed by atoms with van der Waals surface area (Å²) in [7, 11) is 3.28. The fourth-order valence-corrected chi connectivity index (χ4v) is 1.36. The molecule has 0 saturated carbocycles. The molecule has 3 nitrogen and oxygen atoms in total. The lowest BCUT2D eigenvalue weighted by atomic mass is 10.1. The minimum atomic E-state index is 0.764. The van der Waals surface area contributed by atoms with Crippen LogP contribution < -0.4 is 9.47 Å². The van der Waals surface area contributed by atoms with Crippen molar-refractivity contribution >= 4 is 6.21 Å². The number of nitrogens with zero attached hydrogens (tertiary/aromatic N) is 1. The van der Waals surface area contributed by atoms with E-state index in [0.29, 0.717) is 0 Å². The first-order valence-electron chi connectivity index (χ1n) is 4.97. The van der Waals surface area contributed by atoms with E-state index in [1.165, 1.54) is 5.56 Å². The normalized spacial score (nSPS) is 10.6. The minimum Gasteiger partial charge on any atom is -0.493 e. The van der Waals surface area contributed by atoms with E-state index in [-0.39, 0.29) is 0 Å². The number of hydrogen-bond acceptors (Lipinski definition) is 3. The predicted molar refractivity (Wildman–Crippen MR) is 62.3 cm³/mol. The van der Waals surface area contributed by atoms with Crippen molar-refractivity contribution < 1.29 is 9.47 Å². The maximum atomic E-state index is 5.22. The number of aliphatic imine (C=N–C) groups is 1. The van der Waals surface area contributed by atoms with Crippen molar-refractivity contribution in [3.63, 3.8) is 0 Å². The van der Waals surface area contributed by atoms with Crippen LogP contribution in [0.4, 0.5) is 0 Å². The second kappa shape index (κ2) is 6.06. The Balaban J connectivity index is 2.74. The highest BCUT2D eigenvalue weighted by Crippen LogP contribution is 2.27. The summed E-state index contributed by atoms with van der Waals surface area (Å²) in [5.74, 6) is 1.54. The lowest BCUT2D eigenvalue weighted by Crippen LogP contribution is -1.94. The van der Waals surface area contributed by atoms with Crippen LogP contribution in [0.25, 0.3) is 0 Å². The first kappa shape index (κ1) is 11.6. The third kappa shape index (κ3) is 3.27. The standard InChI is InChI=1S/C12H17NO2/c1-4-13-8-7-10-5-6-11(14-2)12(9-10)15-3/h4-6,9H,7-8H2,1-3H3. The van der Waals surface area contributed by atoms with Crippen LogP contribution in [0, 0.1) is 0 Å². The van der Waals surface area contributed by atoms with E-state index < -0.39 is 0 Å². The highest BCUT2D eigenvalue weighted by atomic mass is 16.5. The third-order valence-electron chi connectivity index (χ3n) is 2.16. The first-order valence-corrected chi connectivity index (χ1v) is 4.97. The molecule has 0 heterocycles. The Morgan fingerprint density at radius 1 is 1.20 bits per heavy atom. The van der Waals surface area contributed by atoms with Crippen LogP contribution in [-0.2, 0) is 6.42 Å². The highest BCUT2D eigenvalue weighted by molar-refractivity contribution is 5.53. The molecule has 0 unspecified atom stereocenters. The second-order valence-electron chi connectivity index (χ2n) is 3.10. The Hall–Kier alpha value is -1.51. The van der Waals surface area contributed by atoms with Crippen LogP contribution in [0.2, 0.25) is 0 Å². The average Bonchev–Trinajstić information content (AvgIpc) is 2.29. The van der Waals surface area contributed by atoms with Crippen molar-refractivity contribution in [2.45, 2.75) is 13.3 Å². The quantitative estimate of drug-likeness (QED) is 0.694. The van der Waals surface area contributed by atoms with Crippen LogP contribution in [0.5, 0.6) is 11.5 Å². The molecule has 0 amide bonds. The molecular formula is C12H17NO2. The molecule has 0 aliphatic heterocycles. The van der Waals surface area contributed by atoms with E-state index in [9.17, 15) is 0 Å². The first-order chi connectivity index (χ1) is 7.31. The molecule has 1 aromatic carbocycles. The summed E-state index contributed by atoms with van der Waals surface area (Å²) in [4.78, 5) is 4.17. The number of hydrogen-bond donors (Lipinski definition) is 0. The van der Waals surface area contributed by atoms with Gasteiger partial charge in [-0.05, 0) is 37.3 Å². The molecular weight excluding hydrogens is 190 g/mol. The Labute approximate surface area is 90.7 Å². The van der Waals surface area contributed by atoms with Crippen molar-refractivity contribution in [2.24, 2.45) is 4.99 Å². The van der Waals surface area contributed by atoms with Crippen molar-refractivity contribution in [1.29, 1.82) is 0 Å². The van der Waals surface area contributed by atoms with Gasteiger partial charge in [0.25, 0.3) is 0 Å². The Kier molecular flexibility index (Phi) is 4.68. The molecule has 0 aliphatic carbocycles. The monoisotopic (exact) mass is 207 g/mol. The zero-order valence-electron chi connectivity index (χ0n) is 9.49. The fourth-order valence-electron chi connectivity index (χ4n) is 1.36. The van der Waals surface area contributed by atoms with Crippen molar-refractivity contribution in [3.05, 3.63) is 23.8 Å². The summed E-state index contributed by atoms with van der Waals surface area (Å²) in [5, 5.41) is 0. The minimum absolute atomic E-state index is 0.764. The summed E-state index contributed by atoms with van der Waals surface area (Å²) in [5.41, 5.74) is 1.21. The molecule has 1 rings (SSSR count). The van der Waals surface area contributed by atoms with E-state index in [1.54, 1.807) is 14.2 Å². The number of benzene rings is 1. The SMILES string of the molecule is CC=NCCc1ccc(OC)c(OC)c1. The summed E-state index contributed by atoms with van der Waals surface area (Å²) < 4.78 is 10.4. The topological polar surface area (TPSA) is 30.8 Å². The van der Waals surface area contributed by atoms with Crippen molar-refractivity contribution in [1.82, 2.24) is 0 Å². The van der Waals surface area contributed by atoms with Gasteiger partial charge in [0.1, 0.15) is 0 Å². The molecule has 0 radical (unpaired) electrons. The van der Waals surface area contributed by atoms with E-state index in [1.807, 2.05) is 31.3 Å². The molecule has 0 aliphatic rings. The summed E-state index contributed by atoms with van der Waals surface area (Å²) in [6.45, 7) is 2.74. The molecule has 3 heteroatoms. The number of methoxy groups -OCH3 is 2. The maximum Gasteiger partial charge on any atom is 0.160 e. The van der Waals surface area contributed by atoms with Gasteiger partial charge in [-0.15, -0.1) is 0 Å². The molecule has 0 spiro atoms.